The number of nitrogens with zero attached hydrogens (tertiary/aromatic N) is 1. The second-order valence-corrected chi connectivity index (χ2v) is 5.34. The Kier molecular flexibility index (Phi) is 4.50. The molecule has 2 nitrogen and oxygen atoms in total. The predicted molar refractivity (Wildman–Crippen MR) is 78.3 cm³/mol. The molecule has 0 radical (unpaired) electrons. The lowest BCUT2D eigenvalue weighted by Gasteiger charge is -2.20. The Labute approximate surface area is 117 Å². The summed E-state index contributed by atoms with van der Waals surface area (Å²) in [6.07, 6.45) is 1.83. The van der Waals surface area contributed by atoms with Gasteiger partial charge in [0, 0.05) is 22.8 Å². The number of nitrogens with one attached hydrogen (secondary N) is 1. The van der Waals surface area contributed by atoms with Crippen LogP contribution >= 0.6 is 15.9 Å². The largest absolute Gasteiger partial charge is 0.302 e. The molecule has 0 spiro atoms. The first kappa shape index (κ1) is 13.2. The standard InChI is InChI=1S/C15H17BrN2/c1-11(13-6-4-3-5-7-13)18-12(2)15-9-8-14(16)10-17-15/h3-12,18H,1-2H3/t11-,12-/m1/s1. The Balaban J connectivity index is 2.03. The molecule has 0 amide bonds. The van der Waals surface area contributed by atoms with Crippen LogP contribution in [0.15, 0.2) is 53.1 Å². The number of pyridine rings is 1. The molecule has 3 heteroatoms. The lowest BCUT2D eigenvalue weighted by Crippen LogP contribution is -2.23. The number of halogens is 1. The highest BCUT2D eigenvalue weighted by Crippen LogP contribution is 2.18. The first-order valence-electron chi connectivity index (χ1n) is 6.09. The van der Waals surface area contributed by atoms with Gasteiger partial charge in [-0.1, -0.05) is 30.3 Å². The van der Waals surface area contributed by atoms with Crippen molar-refractivity contribution < 1.29 is 0 Å². The van der Waals surface area contributed by atoms with Crippen LogP contribution in [0.25, 0.3) is 0 Å². The SMILES string of the molecule is C[C@@H](N[C@H](C)c1ccc(Br)cn1)c1ccccc1. The number of rotatable bonds is 4. The molecule has 0 aliphatic carbocycles. The van der Waals surface area contributed by atoms with E-state index in [1.54, 1.807) is 0 Å². The van der Waals surface area contributed by atoms with Crippen molar-refractivity contribution in [1.82, 2.24) is 10.3 Å². The van der Waals surface area contributed by atoms with Crippen molar-refractivity contribution in [3.05, 3.63) is 64.4 Å². The van der Waals surface area contributed by atoms with Crippen LogP contribution < -0.4 is 5.32 Å². The third-order valence-electron chi connectivity index (χ3n) is 2.99. The zero-order valence-electron chi connectivity index (χ0n) is 10.6. The Morgan fingerprint density at radius 1 is 1.00 bits per heavy atom. The van der Waals surface area contributed by atoms with E-state index < -0.39 is 0 Å². The minimum Gasteiger partial charge on any atom is -0.302 e. The van der Waals surface area contributed by atoms with Crippen molar-refractivity contribution in [2.75, 3.05) is 0 Å². The van der Waals surface area contributed by atoms with Gasteiger partial charge in [0.1, 0.15) is 0 Å². The van der Waals surface area contributed by atoms with Gasteiger partial charge in [-0.3, -0.25) is 4.98 Å². The first-order valence-corrected chi connectivity index (χ1v) is 6.88. The molecule has 18 heavy (non-hydrogen) atoms. The lowest BCUT2D eigenvalue weighted by molar-refractivity contribution is 0.486. The molecule has 0 bridgehead atoms. The van der Waals surface area contributed by atoms with Crippen LogP contribution in [0.5, 0.6) is 0 Å². The van der Waals surface area contributed by atoms with Gasteiger partial charge in [-0.15, -0.1) is 0 Å². The quantitative estimate of drug-likeness (QED) is 0.913. The minimum absolute atomic E-state index is 0.230. The predicted octanol–water partition coefficient (Wildman–Crippen LogP) is 4.26. The third-order valence-corrected chi connectivity index (χ3v) is 3.46. The fraction of sp³-hybridized carbons (Fsp3) is 0.267. The second kappa shape index (κ2) is 6.12. The van der Waals surface area contributed by atoms with Gasteiger partial charge in [-0.25, -0.2) is 0 Å². The van der Waals surface area contributed by atoms with Gasteiger partial charge < -0.3 is 5.32 Å². The Hall–Kier alpha value is -1.19. The van der Waals surface area contributed by atoms with E-state index in [-0.39, 0.29) is 6.04 Å². The van der Waals surface area contributed by atoms with Crippen molar-refractivity contribution >= 4 is 15.9 Å². The summed E-state index contributed by atoms with van der Waals surface area (Å²) >= 11 is 3.40. The zero-order valence-corrected chi connectivity index (χ0v) is 12.2. The molecule has 0 fully saturated rings. The number of hydrogen-bond donors (Lipinski definition) is 1. The molecule has 0 unspecified atom stereocenters. The van der Waals surface area contributed by atoms with Gasteiger partial charge in [-0.2, -0.15) is 0 Å². The number of aromatic nitrogens is 1. The van der Waals surface area contributed by atoms with Crippen molar-refractivity contribution in [3.63, 3.8) is 0 Å². The Bertz CT molecular complexity index is 482. The van der Waals surface area contributed by atoms with Gasteiger partial charge in [0.15, 0.2) is 0 Å². The van der Waals surface area contributed by atoms with E-state index in [4.69, 9.17) is 0 Å². The number of benzene rings is 1. The van der Waals surface area contributed by atoms with Gasteiger partial charge in [0.2, 0.25) is 0 Å². The van der Waals surface area contributed by atoms with E-state index in [0.29, 0.717) is 6.04 Å². The van der Waals surface area contributed by atoms with Crippen molar-refractivity contribution in [3.8, 4) is 0 Å². The van der Waals surface area contributed by atoms with Crippen LogP contribution in [0.1, 0.15) is 37.2 Å². The molecule has 1 aromatic carbocycles. The highest BCUT2D eigenvalue weighted by Gasteiger charge is 2.11. The molecule has 1 aromatic heterocycles. The van der Waals surface area contributed by atoms with Gasteiger partial charge in [0.25, 0.3) is 0 Å². The molecule has 94 valence electrons. The van der Waals surface area contributed by atoms with Gasteiger partial charge in [0.05, 0.1) is 5.69 Å². The maximum Gasteiger partial charge on any atom is 0.0571 e. The van der Waals surface area contributed by atoms with E-state index in [0.717, 1.165) is 10.2 Å². The molecule has 2 rings (SSSR count). The van der Waals surface area contributed by atoms with Crippen LogP contribution in [0.2, 0.25) is 0 Å². The molecule has 1 N–H and O–H groups in total. The topological polar surface area (TPSA) is 24.9 Å². The summed E-state index contributed by atoms with van der Waals surface area (Å²) in [5.41, 5.74) is 2.35. The van der Waals surface area contributed by atoms with Crippen LogP contribution in [-0.4, -0.2) is 4.98 Å². The summed E-state index contributed by atoms with van der Waals surface area (Å²) in [4.78, 5) is 4.42. The van der Waals surface area contributed by atoms with E-state index in [2.05, 4.69) is 64.3 Å². The van der Waals surface area contributed by atoms with E-state index >= 15 is 0 Å². The molecule has 0 saturated heterocycles. The maximum atomic E-state index is 4.42. The fourth-order valence-electron chi connectivity index (χ4n) is 1.94. The highest BCUT2D eigenvalue weighted by atomic mass is 79.9. The summed E-state index contributed by atoms with van der Waals surface area (Å²) in [6.45, 7) is 4.31. The fourth-order valence-corrected chi connectivity index (χ4v) is 2.18. The average molecular weight is 305 g/mol. The molecule has 2 aromatic rings. The molecular weight excluding hydrogens is 288 g/mol. The minimum atomic E-state index is 0.230. The highest BCUT2D eigenvalue weighted by molar-refractivity contribution is 9.10. The normalized spacial score (nSPS) is 14.2. The molecule has 0 aliphatic heterocycles. The monoisotopic (exact) mass is 304 g/mol. The first-order chi connectivity index (χ1) is 8.66. The second-order valence-electron chi connectivity index (χ2n) is 4.42. The van der Waals surface area contributed by atoms with E-state index in [1.165, 1.54) is 5.56 Å². The lowest BCUT2D eigenvalue weighted by atomic mass is 10.1. The van der Waals surface area contributed by atoms with Crippen LogP contribution in [0, 0.1) is 0 Å². The molecule has 0 saturated carbocycles. The Morgan fingerprint density at radius 2 is 1.72 bits per heavy atom. The van der Waals surface area contributed by atoms with Crippen molar-refractivity contribution in [1.29, 1.82) is 0 Å². The summed E-state index contributed by atoms with van der Waals surface area (Å²) in [5.74, 6) is 0. The maximum absolute atomic E-state index is 4.42. The third kappa shape index (κ3) is 3.40. The van der Waals surface area contributed by atoms with E-state index in [9.17, 15) is 0 Å². The molecule has 2 atom stereocenters. The van der Waals surface area contributed by atoms with Crippen LogP contribution in [-0.2, 0) is 0 Å². The summed E-state index contributed by atoms with van der Waals surface area (Å²) in [7, 11) is 0. The number of hydrogen-bond acceptors (Lipinski definition) is 2. The van der Waals surface area contributed by atoms with E-state index in [1.807, 2.05) is 24.4 Å². The Morgan fingerprint density at radius 3 is 2.33 bits per heavy atom. The average Bonchev–Trinajstić information content (AvgIpc) is 2.40. The zero-order chi connectivity index (χ0) is 13.0. The van der Waals surface area contributed by atoms with Crippen LogP contribution in [0.3, 0.4) is 0 Å². The van der Waals surface area contributed by atoms with Gasteiger partial charge in [-0.05, 0) is 47.5 Å². The van der Waals surface area contributed by atoms with Crippen molar-refractivity contribution in [2.45, 2.75) is 25.9 Å². The molecule has 1 heterocycles. The summed E-state index contributed by atoms with van der Waals surface area (Å²) < 4.78 is 1.01. The summed E-state index contributed by atoms with van der Waals surface area (Å²) in [5, 5.41) is 3.55. The smallest absolute Gasteiger partial charge is 0.0571 e. The molecular formula is C15H17BrN2. The van der Waals surface area contributed by atoms with Crippen LogP contribution in [0.4, 0.5) is 0 Å². The summed E-state index contributed by atoms with van der Waals surface area (Å²) in [6, 6.07) is 15.0. The molecule has 0 aliphatic rings. The van der Waals surface area contributed by atoms with Crippen molar-refractivity contribution in [2.24, 2.45) is 0 Å². The van der Waals surface area contributed by atoms with Gasteiger partial charge >= 0.3 is 0 Å².